The van der Waals surface area contributed by atoms with Crippen molar-refractivity contribution in [2.45, 2.75) is 71.0 Å². The van der Waals surface area contributed by atoms with Gasteiger partial charge in [0, 0.05) is 11.1 Å². The molecule has 4 rings (SSSR count). The molecule has 2 fully saturated rings. The summed E-state index contributed by atoms with van der Waals surface area (Å²) < 4.78 is 17.1. The lowest BCUT2D eigenvalue weighted by molar-refractivity contribution is -0.148. The van der Waals surface area contributed by atoms with Crippen molar-refractivity contribution in [2.24, 2.45) is 11.8 Å². The van der Waals surface area contributed by atoms with Crippen molar-refractivity contribution in [3.05, 3.63) is 35.5 Å². The minimum absolute atomic E-state index is 0.0481. The fourth-order valence-corrected chi connectivity index (χ4v) is 4.23. The highest BCUT2D eigenvalue weighted by atomic mass is 16.5. The number of hydrogen-bond donors (Lipinski definition) is 1. The van der Waals surface area contributed by atoms with E-state index < -0.39 is 5.97 Å². The summed E-state index contributed by atoms with van der Waals surface area (Å²) in [5.41, 5.74) is 2.21. The van der Waals surface area contributed by atoms with E-state index in [0.717, 1.165) is 36.8 Å². The number of aromatic nitrogens is 1. The van der Waals surface area contributed by atoms with Crippen molar-refractivity contribution in [3.8, 4) is 17.1 Å². The first-order valence-corrected chi connectivity index (χ1v) is 11.0. The van der Waals surface area contributed by atoms with E-state index in [1.807, 2.05) is 38.1 Å². The summed E-state index contributed by atoms with van der Waals surface area (Å²) in [7, 11) is 0. The molecule has 1 heterocycles. The fraction of sp³-hybridized carbons (Fsp3) is 0.542. The van der Waals surface area contributed by atoms with Gasteiger partial charge < -0.3 is 19.1 Å². The average Bonchev–Trinajstić information content (AvgIpc) is 3.54. The number of carboxylic acid groups (broad SMARTS) is 1. The molecule has 7 heteroatoms. The van der Waals surface area contributed by atoms with Crippen LogP contribution in [0.15, 0.2) is 28.8 Å². The Bertz CT molecular complexity index is 930. The molecule has 1 aromatic heterocycles. The van der Waals surface area contributed by atoms with Crippen LogP contribution in [0.1, 0.15) is 56.7 Å². The van der Waals surface area contributed by atoms with E-state index in [1.165, 1.54) is 0 Å². The largest absolute Gasteiger partial charge is 0.490 e. The lowest BCUT2D eigenvalue weighted by atomic mass is 9.87. The predicted molar refractivity (Wildman–Crippen MR) is 113 cm³/mol. The molecule has 0 amide bonds. The van der Waals surface area contributed by atoms with Gasteiger partial charge in [0.1, 0.15) is 11.9 Å². The summed E-state index contributed by atoms with van der Waals surface area (Å²) >= 11 is 0. The normalized spacial score (nSPS) is 22.0. The van der Waals surface area contributed by atoms with Crippen molar-refractivity contribution >= 4 is 11.9 Å². The molecule has 0 unspecified atom stereocenters. The highest BCUT2D eigenvalue weighted by Crippen LogP contribution is 2.35. The maximum Gasteiger partial charge on any atom is 0.310 e. The highest BCUT2D eigenvalue weighted by molar-refractivity contribution is 5.77. The third-order valence-corrected chi connectivity index (χ3v) is 6.30. The van der Waals surface area contributed by atoms with E-state index in [-0.39, 0.29) is 30.5 Å². The van der Waals surface area contributed by atoms with Gasteiger partial charge in [0.05, 0.1) is 24.1 Å². The second kappa shape index (κ2) is 9.12. The topological polar surface area (TPSA) is 98.9 Å². The lowest BCUT2D eigenvalue weighted by Crippen LogP contribution is -2.29. The standard InChI is InChI=1S/C24H29NO6/c1-14-21(13-22(26)29-15(2)16-6-7-16)23(31-25-14)17-8-10-19(11-9-17)30-20-5-3-4-18(12-20)24(27)28/h8-11,15-16,18,20H,3-7,12-13H2,1-2H3,(H,27,28)/t15-,18+,20+/m1/s1. The van der Waals surface area contributed by atoms with Gasteiger partial charge >= 0.3 is 11.9 Å². The Morgan fingerprint density at radius 3 is 2.61 bits per heavy atom. The van der Waals surface area contributed by atoms with Crippen LogP contribution in [0.3, 0.4) is 0 Å². The molecule has 2 aliphatic rings. The number of carbonyl (C=O) groups is 2. The van der Waals surface area contributed by atoms with Gasteiger partial charge in [-0.05, 0) is 82.6 Å². The van der Waals surface area contributed by atoms with Crippen molar-refractivity contribution in [1.82, 2.24) is 5.16 Å². The molecule has 2 saturated carbocycles. The molecule has 0 saturated heterocycles. The minimum atomic E-state index is -0.748. The third-order valence-electron chi connectivity index (χ3n) is 6.30. The molecule has 0 radical (unpaired) electrons. The number of carbonyl (C=O) groups excluding carboxylic acids is 1. The number of esters is 1. The van der Waals surface area contributed by atoms with E-state index in [2.05, 4.69) is 5.16 Å². The molecule has 1 aromatic carbocycles. The third kappa shape index (κ3) is 5.27. The molecule has 2 aliphatic carbocycles. The minimum Gasteiger partial charge on any atom is -0.490 e. The van der Waals surface area contributed by atoms with Gasteiger partial charge in [0.25, 0.3) is 0 Å². The second-order valence-corrected chi connectivity index (χ2v) is 8.75. The van der Waals surface area contributed by atoms with Crippen LogP contribution in [0.2, 0.25) is 0 Å². The number of aryl methyl sites for hydroxylation is 1. The molecule has 31 heavy (non-hydrogen) atoms. The Balaban J connectivity index is 1.41. The number of nitrogens with zero attached hydrogens (tertiary/aromatic N) is 1. The lowest BCUT2D eigenvalue weighted by Gasteiger charge is -2.27. The predicted octanol–water partition coefficient (Wildman–Crippen LogP) is 4.56. The van der Waals surface area contributed by atoms with Crippen LogP contribution in [0.5, 0.6) is 5.75 Å². The Kier molecular flexibility index (Phi) is 6.30. The van der Waals surface area contributed by atoms with Crippen LogP contribution in [0, 0.1) is 18.8 Å². The maximum atomic E-state index is 12.4. The number of hydrogen-bond acceptors (Lipinski definition) is 6. The number of ether oxygens (including phenoxy) is 2. The molecule has 0 aliphatic heterocycles. The van der Waals surface area contributed by atoms with E-state index >= 15 is 0 Å². The number of rotatable bonds is 8. The van der Waals surface area contributed by atoms with Gasteiger partial charge in [-0.3, -0.25) is 9.59 Å². The van der Waals surface area contributed by atoms with Crippen LogP contribution in [0.4, 0.5) is 0 Å². The first kappa shape index (κ1) is 21.4. The molecule has 2 aromatic rings. The quantitative estimate of drug-likeness (QED) is 0.617. The van der Waals surface area contributed by atoms with Crippen LogP contribution < -0.4 is 4.74 Å². The fourth-order valence-electron chi connectivity index (χ4n) is 4.23. The van der Waals surface area contributed by atoms with Gasteiger partial charge in [-0.15, -0.1) is 0 Å². The summed E-state index contributed by atoms with van der Waals surface area (Å²) in [6.45, 7) is 3.76. The zero-order valence-corrected chi connectivity index (χ0v) is 18.0. The highest BCUT2D eigenvalue weighted by Gasteiger charge is 2.31. The Labute approximate surface area is 181 Å². The maximum absolute atomic E-state index is 12.4. The van der Waals surface area contributed by atoms with E-state index in [9.17, 15) is 14.7 Å². The van der Waals surface area contributed by atoms with Crippen LogP contribution in [-0.4, -0.2) is 34.4 Å². The number of carboxylic acids is 1. The average molecular weight is 427 g/mol. The molecule has 0 bridgehead atoms. The van der Waals surface area contributed by atoms with E-state index in [1.54, 1.807) is 0 Å². The van der Waals surface area contributed by atoms with E-state index in [0.29, 0.717) is 36.0 Å². The van der Waals surface area contributed by atoms with Crippen molar-refractivity contribution < 1.29 is 28.7 Å². The molecule has 7 nitrogen and oxygen atoms in total. The van der Waals surface area contributed by atoms with Gasteiger partial charge in [0.15, 0.2) is 5.76 Å². The number of aliphatic carboxylic acids is 1. The molecule has 1 N–H and O–H groups in total. The molecule has 3 atom stereocenters. The van der Waals surface area contributed by atoms with Crippen molar-refractivity contribution in [2.75, 3.05) is 0 Å². The zero-order chi connectivity index (χ0) is 22.0. The van der Waals surface area contributed by atoms with Crippen molar-refractivity contribution in [3.63, 3.8) is 0 Å². The van der Waals surface area contributed by atoms with Crippen LogP contribution in [-0.2, 0) is 20.7 Å². The summed E-state index contributed by atoms with van der Waals surface area (Å²) in [5, 5.41) is 13.3. The first-order valence-electron chi connectivity index (χ1n) is 11.0. The SMILES string of the molecule is Cc1noc(-c2ccc(O[C@H]3CCC[C@H](C(=O)O)C3)cc2)c1CC(=O)O[C@H](C)C1CC1. The van der Waals surface area contributed by atoms with E-state index in [4.69, 9.17) is 14.0 Å². The van der Waals surface area contributed by atoms with Crippen molar-refractivity contribution in [1.29, 1.82) is 0 Å². The molecular formula is C24H29NO6. The molecular weight excluding hydrogens is 398 g/mol. The van der Waals surface area contributed by atoms with Gasteiger partial charge in [-0.1, -0.05) is 5.16 Å². The summed E-state index contributed by atoms with van der Waals surface area (Å²) in [4.78, 5) is 23.6. The summed E-state index contributed by atoms with van der Waals surface area (Å²) in [5.74, 6) is 0.396. The number of benzene rings is 1. The van der Waals surface area contributed by atoms with Gasteiger partial charge in [0.2, 0.25) is 0 Å². The smallest absolute Gasteiger partial charge is 0.310 e. The van der Waals surface area contributed by atoms with Gasteiger partial charge in [-0.2, -0.15) is 0 Å². The Hall–Kier alpha value is -2.83. The molecule has 166 valence electrons. The zero-order valence-electron chi connectivity index (χ0n) is 18.0. The first-order chi connectivity index (χ1) is 14.9. The molecule has 0 spiro atoms. The Morgan fingerprint density at radius 1 is 1.19 bits per heavy atom. The monoisotopic (exact) mass is 427 g/mol. The summed E-state index contributed by atoms with van der Waals surface area (Å²) in [6, 6.07) is 7.42. The van der Waals surface area contributed by atoms with Gasteiger partial charge in [-0.25, -0.2) is 0 Å². The van der Waals surface area contributed by atoms with Crippen LogP contribution in [0.25, 0.3) is 11.3 Å². The second-order valence-electron chi connectivity index (χ2n) is 8.75. The summed E-state index contributed by atoms with van der Waals surface area (Å²) in [6.07, 6.45) is 5.19. The Morgan fingerprint density at radius 2 is 1.94 bits per heavy atom. The van der Waals surface area contributed by atoms with Crippen LogP contribution >= 0.6 is 0 Å².